The third-order valence-electron chi connectivity index (χ3n) is 4.72. The minimum absolute atomic E-state index is 0.326. The van der Waals surface area contributed by atoms with Crippen molar-refractivity contribution in [3.63, 3.8) is 0 Å². The van der Waals surface area contributed by atoms with Crippen LogP contribution in [0.2, 0.25) is 0 Å². The zero-order valence-electron chi connectivity index (χ0n) is 20.9. The summed E-state index contributed by atoms with van der Waals surface area (Å²) in [7, 11) is 0. The van der Waals surface area contributed by atoms with E-state index in [1.54, 1.807) is 23.7 Å². The van der Waals surface area contributed by atoms with E-state index < -0.39 is 0 Å². The van der Waals surface area contributed by atoms with Gasteiger partial charge in [-0.25, -0.2) is 4.39 Å². The van der Waals surface area contributed by atoms with E-state index in [9.17, 15) is 4.39 Å². The molecule has 0 spiro atoms. The Bertz CT molecular complexity index is 869. The van der Waals surface area contributed by atoms with Gasteiger partial charge in [0.15, 0.2) is 0 Å². The van der Waals surface area contributed by atoms with Crippen molar-refractivity contribution in [3.05, 3.63) is 48.8 Å². The summed E-state index contributed by atoms with van der Waals surface area (Å²) in [5, 5.41) is 10.6. The highest BCUT2D eigenvalue weighted by atomic mass is 32.1. The summed E-state index contributed by atoms with van der Waals surface area (Å²) in [6, 6.07) is 7.97. The van der Waals surface area contributed by atoms with Gasteiger partial charge in [0.1, 0.15) is 24.0 Å². The highest BCUT2D eigenvalue weighted by Gasteiger charge is 2.16. The van der Waals surface area contributed by atoms with Crippen LogP contribution in [0, 0.1) is 18.3 Å². The third-order valence-corrected chi connectivity index (χ3v) is 5.76. The Labute approximate surface area is 208 Å². The molecular weight excluding hydrogens is 449 g/mol. The second kappa shape index (κ2) is 18.6. The molecule has 186 valence electrons. The average Bonchev–Trinajstić information content (AvgIpc) is 3.35. The molecule has 0 fully saturated rings. The fourth-order valence-corrected chi connectivity index (χ4v) is 3.62. The molecule has 0 aliphatic rings. The number of benzene rings is 1. The molecule has 1 heterocycles. The first-order chi connectivity index (χ1) is 16.6. The maximum atomic E-state index is 11.1. The number of halogens is 1. The van der Waals surface area contributed by atoms with Crippen molar-refractivity contribution in [1.82, 2.24) is 10.2 Å². The van der Waals surface area contributed by atoms with Crippen molar-refractivity contribution in [2.45, 2.75) is 47.0 Å². The van der Waals surface area contributed by atoms with Gasteiger partial charge in [0, 0.05) is 18.5 Å². The molecule has 5 nitrogen and oxygen atoms in total. The predicted octanol–water partition coefficient (Wildman–Crippen LogP) is 6.93. The lowest BCUT2D eigenvalue weighted by molar-refractivity contribution is 0.254. The molecule has 2 aromatic rings. The standard InChI is InChI=1S/C22H29N3O2S.C5H9F/c1-5-8-9-15-26-16-14-25(17-18(4)6-2)22-24-23-21(28-22)19-10-12-20(13-11-19)27-7-3;1-2-3-4-5-6/h1,9-13,15,18H,6-8,14,16-17H2,2-4H3;3-4H,2,5H2,1H3/b15-9+;4-3-. The van der Waals surface area contributed by atoms with Gasteiger partial charge in [-0.1, -0.05) is 50.7 Å². The monoisotopic (exact) mass is 487 g/mol. The van der Waals surface area contributed by atoms with E-state index in [0.29, 0.717) is 25.6 Å². The predicted molar refractivity (Wildman–Crippen MR) is 142 cm³/mol. The van der Waals surface area contributed by atoms with E-state index in [1.807, 2.05) is 44.2 Å². The number of allylic oxidation sites excluding steroid dienone is 3. The molecule has 0 aliphatic carbocycles. The minimum Gasteiger partial charge on any atom is -0.500 e. The molecule has 7 heteroatoms. The van der Waals surface area contributed by atoms with Gasteiger partial charge in [-0.05, 0) is 49.6 Å². The normalized spacial score (nSPS) is 11.6. The third kappa shape index (κ3) is 11.9. The van der Waals surface area contributed by atoms with Gasteiger partial charge in [0.2, 0.25) is 5.13 Å². The molecule has 0 bridgehead atoms. The molecule has 1 atom stereocenters. The number of ether oxygens (including phenoxy) is 2. The second-order valence-electron chi connectivity index (χ2n) is 7.49. The SMILES string of the molecule is C#CC/C=C/OCCN(CC(C)CC)c1nnc(-c2ccc(OCC)cc2)s1.CC/C=C\CF. The van der Waals surface area contributed by atoms with E-state index in [2.05, 4.69) is 34.9 Å². The van der Waals surface area contributed by atoms with E-state index in [4.69, 9.17) is 15.9 Å². The highest BCUT2D eigenvalue weighted by Crippen LogP contribution is 2.30. The van der Waals surface area contributed by atoms with Gasteiger partial charge in [0.25, 0.3) is 0 Å². The number of alkyl halides is 1. The van der Waals surface area contributed by atoms with Crippen LogP contribution in [0.1, 0.15) is 47.0 Å². The Hall–Kier alpha value is -2.85. The van der Waals surface area contributed by atoms with Crippen molar-refractivity contribution in [2.24, 2.45) is 5.92 Å². The summed E-state index contributed by atoms with van der Waals surface area (Å²) in [6.45, 7) is 11.0. The lowest BCUT2D eigenvalue weighted by atomic mass is 10.1. The van der Waals surface area contributed by atoms with Crippen LogP contribution in [0.4, 0.5) is 9.52 Å². The van der Waals surface area contributed by atoms with Crippen LogP contribution in [0.3, 0.4) is 0 Å². The van der Waals surface area contributed by atoms with E-state index in [-0.39, 0.29) is 6.67 Å². The number of anilines is 1. The van der Waals surface area contributed by atoms with Crippen molar-refractivity contribution in [1.29, 1.82) is 0 Å². The molecule has 0 N–H and O–H groups in total. The van der Waals surface area contributed by atoms with Crippen molar-refractivity contribution >= 4 is 16.5 Å². The molecular formula is C27H38FN3O2S. The molecule has 0 saturated carbocycles. The Balaban J connectivity index is 0.000000852. The largest absolute Gasteiger partial charge is 0.500 e. The molecule has 0 radical (unpaired) electrons. The summed E-state index contributed by atoms with van der Waals surface area (Å²) in [6.07, 6.45) is 14.7. The molecule has 0 amide bonds. The Kier molecular flexibility index (Phi) is 15.9. The topological polar surface area (TPSA) is 47.5 Å². The fraction of sp³-hybridized carbons (Fsp3) is 0.481. The van der Waals surface area contributed by atoms with Crippen LogP contribution in [0.25, 0.3) is 10.6 Å². The molecule has 2 rings (SSSR count). The summed E-state index contributed by atoms with van der Waals surface area (Å²) in [4.78, 5) is 2.25. The molecule has 34 heavy (non-hydrogen) atoms. The quantitative estimate of drug-likeness (QED) is 0.125. The van der Waals surface area contributed by atoms with Crippen molar-refractivity contribution in [3.8, 4) is 28.7 Å². The molecule has 1 aromatic carbocycles. The van der Waals surface area contributed by atoms with Gasteiger partial charge in [-0.2, -0.15) is 0 Å². The maximum Gasteiger partial charge on any atom is 0.208 e. The van der Waals surface area contributed by atoms with Gasteiger partial charge in [-0.15, -0.1) is 22.5 Å². The smallest absolute Gasteiger partial charge is 0.208 e. The zero-order valence-corrected chi connectivity index (χ0v) is 21.7. The highest BCUT2D eigenvalue weighted by molar-refractivity contribution is 7.18. The molecule has 1 aromatic heterocycles. The number of hydrogen-bond acceptors (Lipinski definition) is 6. The zero-order chi connectivity index (χ0) is 25.0. The van der Waals surface area contributed by atoms with E-state index in [0.717, 1.165) is 47.4 Å². The first-order valence-corrected chi connectivity index (χ1v) is 12.6. The number of rotatable bonds is 14. The van der Waals surface area contributed by atoms with Crippen molar-refractivity contribution in [2.75, 3.05) is 37.9 Å². The van der Waals surface area contributed by atoms with Gasteiger partial charge in [0.05, 0.1) is 19.4 Å². The van der Waals surface area contributed by atoms with Crippen LogP contribution >= 0.6 is 11.3 Å². The first-order valence-electron chi connectivity index (χ1n) is 11.8. The lowest BCUT2D eigenvalue weighted by Gasteiger charge is -2.24. The van der Waals surface area contributed by atoms with E-state index >= 15 is 0 Å². The molecule has 0 saturated heterocycles. The number of aromatic nitrogens is 2. The lowest BCUT2D eigenvalue weighted by Crippen LogP contribution is -2.31. The van der Waals surface area contributed by atoms with Gasteiger partial charge in [-0.3, -0.25) is 0 Å². The summed E-state index contributed by atoms with van der Waals surface area (Å²) in [5.74, 6) is 3.98. The number of terminal acetylenes is 1. The second-order valence-corrected chi connectivity index (χ2v) is 8.45. The fourth-order valence-electron chi connectivity index (χ4n) is 2.74. The number of nitrogens with zero attached hydrogens (tertiary/aromatic N) is 3. The molecule has 1 unspecified atom stereocenters. The Morgan fingerprint density at radius 1 is 1.15 bits per heavy atom. The van der Waals surface area contributed by atoms with Gasteiger partial charge < -0.3 is 14.4 Å². The summed E-state index contributed by atoms with van der Waals surface area (Å²) < 4.78 is 22.2. The average molecular weight is 488 g/mol. The van der Waals surface area contributed by atoms with Crippen LogP contribution in [0.15, 0.2) is 48.8 Å². The van der Waals surface area contributed by atoms with Crippen molar-refractivity contribution < 1.29 is 13.9 Å². The van der Waals surface area contributed by atoms with Crippen LogP contribution in [-0.4, -0.2) is 43.2 Å². The Morgan fingerprint density at radius 2 is 1.91 bits per heavy atom. The maximum absolute atomic E-state index is 11.1. The number of hydrogen-bond donors (Lipinski definition) is 0. The molecule has 0 aliphatic heterocycles. The Morgan fingerprint density at radius 3 is 2.50 bits per heavy atom. The summed E-state index contributed by atoms with van der Waals surface area (Å²) in [5.41, 5.74) is 1.05. The van der Waals surface area contributed by atoms with E-state index in [1.165, 1.54) is 6.08 Å². The minimum atomic E-state index is -0.326. The summed E-state index contributed by atoms with van der Waals surface area (Å²) >= 11 is 1.60. The van der Waals surface area contributed by atoms with Crippen LogP contribution in [-0.2, 0) is 4.74 Å². The first kappa shape index (κ1) is 29.2. The van der Waals surface area contributed by atoms with Gasteiger partial charge >= 0.3 is 0 Å². The van der Waals surface area contributed by atoms with Crippen LogP contribution in [0.5, 0.6) is 5.75 Å². The van der Waals surface area contributed by atoms with Crippen LogP contribution < -0.4 is 9.64 Å².